The SMILES string of the molecule is COC(=O)CCSc1ccc(F)c(C)c1. The normalized spacial score (nSPS) is 10.1. The molecular weight excluding hydrogens is 215 g/mol. The van der Waals surface area contributed by atoms with Crippen LogP contribution in [-0.4, -0.2) is 18.8 Å². The van der Waals surface area contributed by atoms with Crippen molar-refractivity contribution in [2.75, 3.05) is 12.9 Å². The predicted octanol–water partition coefficient (Wildman–Crippen LogP) is 2.79. The Morgan fingerprint density at radius 1 is 1.53 bits per heavy atom. The third-order valence-corrected chi connectivity index (χ3v) is 2.93. The summed E-state index contributed by atoms with van der Waals surface area (Å²) in [5, 5.41) is 0. The Kier molecular flexibility index (Phi) is 4.62. The zero-order chi connectivity index (χ0) is 11.3. The minimum absolute atomic E-state index is 0.202. The van der Waals surface area contributed by atoms with Gasteiger partial charge in [-0.2, -0.15) is 0 Å². The van der Waals surface area contributed by atoms with Crippen molar-refractivity contribution < 1.29 is 13.9 Å². The zero-order valence-corrected chi connectivity index (χ0v) is 9.57. The Morgan fingerprint density at radius 3 is 2.87 bits per heavy atom. The number of carbonyl (C=O) groups excluding carboxylic acids is 1. The molecule has 0 fully saturated rings. The molecule has 15 heavy (non-hydrogen) atoms. The zero-order valence-electron chi connectivity index (χ0n) is 8.75. The van der Waals surface area contributed by atoms with Crippen LogP contribution >= 0.6 is 11.8 Å². The van der Waals surface area contributed by atoms with Gasteiger partial charge in [0.05, 0.1) is 13.5 Å². The molecule has 0 amide bonds. The van der Waals surface area contributed by atoms with Gasteiger partial charge in [0.2, 0.25) is 0 Å². The fourth-order valence-corrected chi connectivity index (χ4v) is 1.99. The Balaban J connectivity index is 2.44. The summed E-state index contributed by atoms with van der Waals surface area (Å²) in [5.41, 5.74) is 0.623. The van der Waals surface area contributed by atoms with E-state index in [-0.39, 0.29) is 11.8 Å². The van der Waals surface area contributed by atoms with Crippen molar-refractivity contribution in [1.82, 2.24) is 0 Å². The van der Waals surface area contributed by atoms with Crippen molar-refractivity contribution in [2.45, 2.75) is 18.2 Å². The number of rotatable bonds is 4. The fraction of sp³-hybridized carbons (Fsp3) is 0.364. The fourth-order valence-electron chi connectivity index (χ4n) is 1.06. The highest BCUT2D eigenvalue weighted by Gasteiger charge is 2.02. The van der Waals surface area contributed by atoms with Crippen LogP contribution in [0.5, 0.6) is 0 Å². The maximum Gasteiger partial charge on any atom is 0.306 e. The minimum Gasteiger partial charge on any atom is -0.469 e. The molecule has 1 aromatic rings. The average molecular weight is 228 g/mol. The number of halogens is 1. The summed E-state index contributed by atoms with van der Waals surface area (Å²) in [5.74, 6) is 0.228. The number of carbonyl (C=O) groups is 1. The van der Waals surface area contributed by atoms with Gasteiger partial charge < -0.3 is 4.74 Å². The quantitative estimate of drug-likeness (QED) is 0.585. The molecule has 0 N–H and O–H groups in total. The number of ether oxygens (including phenoxy) is 1. The van der Waals surface area contributed by atoms with Crippen LogP contribution in [0.25, 0.3) is 0 Å². The van der Waals surface area contributed by atoms with E-state index in [1.54, 1.807) is 19.1 Å². The molecule has 0 aliphatic rings. The molecule has 0 heterocycles. The Bertz CT molecular complexity index is 352. The summed E-state index contributed by atoms with van der Waals surface area (Å²) in [6, 6.07) is 4.93. The van der Waals surface area contributed by atoms with Crippen LogP contribution in [0.15, 0.2) is 23.1 Å². The van der Waals surface area contributed by atoms with E-state index < -0.39 is 0 Å². The van der Waals surface area contributed by atoms with E-state index >= 15 is 0 Å². The number of esters is 1. The van der Waals surface area contributed by atoms with Crippen LogP contribution in [0.3, 0.4) is 0 Å². The van der Waals surface area contributed by atoms with E-state index in [1.165, 1.54) is 24.9 Å². The predicted molar refractivity (Wildman–Crippen MR) is 58.5 cm³/mol. The lowest BCUT2D eigenvalue weighted by Crippen LogP contribution is -2.00. The van der Waals surface area contributed by atoms with E-state index in [9.17, 15) is 9.18 Å². The van der Waals surface area contributed by atoms with Crippen LogP contribution < -0.4 is 0 Å². The number of methoxy groups -OCH3 is 1. The van der Waals surface area contributed by atoms with Gasteiger partial charge in [-0.1, -0.05) is 0 Å². The molecule has 0 bridgehead atoms. The molecule has 0 saturated heterocycles. The van der Waals surface area contributed by atoms with Crippen LogP contribution in [0, 0.1) is 12.7 Å². The first-order chi connectivity index (χ1) is 7.13. The van der Waals surface area contributed by atoms with Crippen LogP contribution in [0.1, 0.15) is 12.0 Å². The molecule has 0 aromatic heterocycles. The van der Waals surface area contributed by atoms with E-state index in [1.807, 2.05) is 0 Å². The first-order valence-electron chi connectivity index (χ1n) is 4.59. The maximum atomic E-state index is 12.9. The van der Waals surface area contributed by atoms with Gasteiger partial charge in [-0.05, 0) is 30.7 Å². The Hall–Kier alpha value is -1.03. The summed E-state index contributed by atoms with van der Waals surface area (Å²) < 4.78 is 17.4. The third-order valence-electron chi connectivity index (χ3n) is 1.93. The smallest absolute Gasteiger partial charge is 0.306 e. The first-order valence-corrected chi connectivity index (χ1v) is 5.58. The molecule has 1 aromatic carbocycles. The molecule has 0 saturated carbocycles. The lowest BCUT2D eigenvalue weighted by molar-refractivity contribution is -0.140. The molecule has 82 valence electrons. The highest BCUT2D eigenvalue weighted by molar-refractivity contribution is 7.99. The van der Waals surface area contributed by atoms with Gasteiger partial charge in [-0.3, -0.25) is 4.79 Å². The molecule has 0 unspecified atom stereocenters. The van der Waals surface area contributed by atoms with Gasteiger partial charge >= 0.3 is 5.97 Å². The molecule has 0 radical (unpaired) electrons. The maximum absolute atomic E-state index is 12.9. The van der Waals surface area contributed by atoms with Crippen molar-refractivity contribution in [2.24, 2.45) is 0 Å². The summed E-state index contributed by atoms with van der Waals surface area (Å²) in [6.07, 6.45) is 0.373. The molecule has 0 spiro atoms. The topological polar surface area (TPSA) is 26.3 Å². The van der Waals surface area contributed by atoms with Crippen LogP contribution in [0.4, 0.5) is 4.39 Å². The highest BCUT2D eigenvalue weighted by Crippen LogP contribution is 2.21. The van der Waals surface area contributed by atoms with Gasteiger partial charge in [0.15, 0.2) is 0 Å². The van der Waals surface area contributed by atoms with Crippen molar-refractivity contribution >= 4 is 17.7 Å². The van der Waals surface area contributed by atoms with E-state index in [0.29, 0.717) is 17.7 Å². The molecule has 0 aliphatic carbocycles. The summed E-state index contributed by atoms with van der Waals surface area (Å²) in [4.78, 5) is 11.8. The number of hydrogen-bond donors (Lipinski definition) is 0. The number of thioether (sulfide) groups is 1. The molecule has 1 rings (SSSR count). The van der Waals surface area contributed by atoms with Crippen LogP contribution in [0.2, 0.25) is 0 Å². The third kappa shape index (κ3) is 3.91. The monoisotopic (exact) mass is 228 g/mol. The van der Waals surface area contributed by atoms with Gasteiger partial charge in [-0.15, -0.1) is 11.8 Å². The van der Waals surface area contributed by atoms with Gasteiger partial charge in [0.25, 0.3) is 0 Å². The standard InChI is InChI=1S/C11H13FO2S/c1-8-7-9(3-4-10(8)12)15-6-5-11(13)14-2/h3-4,7H,5-6H2,1-2H3. The lowest BCUT2D eigenvalue weighted by Gasteiger charge is -2.02. The van der Waals surface area contributed by atoms with E-state index in [2.05, 4.69) is 4.74 Å². The van der Waals surface area contributed by atoms with Gasteiger partial charge in [0, 0.05) is 10.6 Å². The number of hydrogen-bond acceptors (Lipinski definition) is 3. The van der Waals surface area contributed by atoms with Crippen LogP contribution in [-0.2, 0) is 9.53 Å². The molecule has 2 nitrogen and oxygen atoms in total. The molecule has 4 heteroatoms. The minimum atomic E-state index is -0.221. The Morgan fingerprint density at radius 2 is 2.27 bits per heavy atom. The van der Waals surface area contributed by atoms with E-state index in [4.69, 9.17) is 0 Å². The second kappa shape index (κ2) is 5.75. The lowest BCUT2D eigenvalue weighted by atomic mass is 10.2. The number of aryl methyl sites for hydroxylation is 1. The van der Waals surface area contributed by atoms with Crippen molar-refractivity contribution in [3.63, 3.8) is 0 Å². The molecule has 0 atom stereocenters. The second-order valence-electron chi connectivity index (χ2n) is 3.09. The highest BCUT2D eigenvalue weighted by atomic mass is 32.2. The summed E-state index contributed by atoms with van der Waals surface area (Å²) in [7, 11) is 1.37. The van der Waals surface area contributed by atoms with Gasteiger partial charge in [-0.25, -0.2) is 4.39 Å². The first kappa shape index (κ1) is 12.0. The largest absolute Gasteiger partial charge is 0.469 e. The summed E-state index contributed by atoms with van der Waals surface area (Å²) in [6.45, 7) is 1.72. The molecular formula is C11H13FO2S. The second-order valence-corrected chi connectivity index (χ2v) is 4.25. The van der Waals surface area contributed by atoms with Crippen molar-refractivity contribution in [3.05, 3.63) is 29.6 Å². The van der Waals surface area contributed by atoms with E-state index in [0.717, 1.165) is 4.90 Å². The summed E-state index contributed by atoms with van der Waals surface area (Å²) >= 11 is 1.52. The Labute approximate surface area is 92.8 Å². The van der Waals surface area contributed by atoms with Crippen molar-refractivity contribution in [1.29, 1.82) is 0 Å². The molecule has 0 aliphatic heterocycles. The number of benzene rings is 1. The van der Waals surface area contributed by atoms with Gasteiger partial charge in [0.1, 0.15) is 5.82 Å². The van der Waals surface area contributed by atoms with Crippen molar-refractivity contribution in [3.8, 4) is 0 Å². The average Bonchev–Trinajstić information content (AvgIpc) is 2.23.